The van der Waals surface area contributed by atoms with Crippen molar-refractivity contribution in [2.75, 3.05) is 5.32 Å². The summed E-state index contributed by atoms with van der Waals surface area (Å²) in [5.41, 5.74) is 7.46. The molecule has 2 aromatic rings. The molecule has 2 rings (SSSR count). The molecule has 21 heavy (non-hydrogen) atoms. The Labute approximate surface area is 122 Å². The Morgan fingerprint density at radius 3 is 2.38 bits per heavy atom. The van der Waals surface area contributed by atoms with Crippen molar-refractivity contribution >= 4 is 17.6 Å². The van der Waals surface area contributed by atoms with Gasteiger partial charge in [0.15, 0.2) is 0 Å². The first kappa shape index (κ1) is 14.7. The van der Waals surface area contributed by atoms with Crippen molar-refractivity contribution in [2.24, 2.45) is 5.73 Å². The van der Waals surface area contributed by atoms with Gasteiger partial charge in [0.2, 0.25) is 5.91 Å². The number of nitrogens with one attached hydrogen (secondary N) is 1. The monoisotopic (exact) mass is 284 g/mol. The fourth-order valence-electron chi connectivity index (χ4n) is 2.08. The van der Waals surface area contributed by atoms with Crippen LogP contribution in [-0.4, -0.2) is 17.0 Å². The molecule has 0 bridgehead atoms. The van der Waals surface area contributed by atoms with Gasteiger partial charge in [0.05, 0.1) is 11.3 Å². The van der Waals surface area contributed by atoms with E-state index in [0.717, 1.165) is 0 Å². The van der Waals surface area contributed by atoms with Crippen molar-refractivity contribution in [3.63, 3.8) is 0 Å². The van der Waals surface area contributed by atoms with Crippen LogP contribution in [0.4, 0.5) is 5.69 Å². The quantitative estimate of drug-likeness (QED) is 0.803. The van der Waals surface area contributed by atoms with E-state index in [0.29, 0.717) is 11.1 Å². The molecule has 0 saturated carbocycles. The maximum Gasteiger partial charge on any atom is 0.338 e. The third-order valence-corrected chi connectivity index (χ3v) is 3.19. The largest absolute Gasteiger partial charge is 0.478 e. The van der Waals surface area contributed by atoms with E-state index in [9.17, 15) is 14.7 Å². The number of amides is 1. The lowest BCUT2D eigenvalue weighted by atomic mass is 10.0. The highest BCUT2D eigenvalue weighted by Crippen LogP contribution is 2.21. The van der Waals surface area contributed by atoms with Gasteiger partial charge in [-0.25, -0.2) is 4.79 Å². The lowest BCUT2D eigenvalue weighted by Crippen LogP contribution is -2.28. The van der Waals surface area contributed by atoms with Crippen molar-refractivity contribution in [2.45, 2.75) is 13.0 Å². The van der Waals surface area contributed by atoms with E-state index in [1.165, 1.54) is 0 Å². The second-order valence-corrected chi connectivity index (χ2v) is 4.68. The number of anilines is 1. The van der Waals surface area contributed by atoms with Crippen LogP contribution >= 0.6 is 0 Å². The molecular weight excluding hydrogens is 268 g/mol. The summed E-state index contributed by atoms with van der Waals surface area (Å²) in [6.45, 7) is 1.68. The highest BCUT2D eigenvalue weighted by atomic mass is 16.4. The summed E-state index contributed by atoms with van der Waals surface area (Å²) in [6.07, 6.45) is 0. The van der Waals surface area contributed by atoms with Crippen molar-refractivity contribution in [3.05, 3.63) is 65.2 Å². The van der Waals surface area contributed by atoms with Gasteiger partial charge in [0, 0.05) is 0 Å². The number of aromatic carboxylic acids is 1. The van der Waals surface area contributed by atoms with Gasteiger partial charge in [-0.2, -0.15) is 0 Å². The van der Waals surface area contributed by atoms with Crippen LogP contribution in [0.15, 0.2) is 48.5 Å². The molecule has 0 saturated heterocycles. The summed E-state index contributed by atoms with van der Waals surface area (Å²) in [6, 6.07) is 13.0. The van der Waals surface area contributed by atoms with Crippen molar-refractivity contribution in [1.29, 1.82) is 0 Å². The Kier molecular flexibility index (Phi) is 4.35. The molecule has 108 valence electrons. The second-order valence-electron chi connectivity index (χ2n) is 4.68. The molecule has 1 amide bonds. The lowest BCUT2D eigenvalue weighted by Gasteiger charge is -2.15. The molecule has 0 spiro atoms. The first-order chi connectivity index (χ1) is 10.0. The van der Waals surface area contributed by atoms with Crippen LogP contribution < -0.4 is 11.1 Å². The minimum atomic E-state index is -1.09. The van der Waals surface area contributed by atoms with Gasteiger partial charge in [-0.05, 0) is 24.1 Å². The normalized spacial score (nSPS) is 11.7. The predicted molar refractivity (Wildman–Crippen MR) is 80.1 cm³/mol. The van der Waals surface area contributed by atoms with Crippen molar-refractivity contribution in [1.82, 2.24) is 0 Å². The molecule has 0 heterocycles. The number of carboxylic acid groups (broad SMARTS) is 1. The van der Waals surface area contributed by atoms with Gasteiger partial charge in [-0.3, -0.25) is 4.79 Å². The number of benzene rings is 2. The van der Waals surface area contributed by atoms with E-state index in [-0.39, 0.29) is 11.3 Å². The maximum absolute atomic E-state index is 12.2. The molecule has 5 heteroatoms. The molecule has 0 unspecified atom stereocenters. The molecule has 4 N–H and O–H groups in total. The second kappa shape index (κ2) is 6.19. The van der Waals surface area contributed by atoms with Gasteiger partial charge in [0.1, 0.15) is 6.04 Å². The van der Waals surface area contributed by atoms with Gasteiger partial charge in [0.25, 0.3) is 0 Å². The lowest BCUT2D eigenvalue weighted by molar-refractivity contribution is -0.117. The van der Waals surface area contributed by atoms with E-state index in [1.807, 2.05) is 6.07 Å². The van der Waals surface area contributed by atoms with Crippen LogP contribution in [-0.2, 0) is 4.79 Å². The average molecular weight is 284 g/mol. The van der Waals surface area contributed by atoms with E-state index < -0.39 is 17.9 Å². The first-order valence-corrected chi connectivity index (χ1v) is 6.45. The van der Waals surface area contributed by atoms with Crippen LogP contribution in [0.1, 0.15) is 27.5 Å². The first-order valence-electron chi connectivity index (χ1n) is 6.45. The smallest absolute Gasteiger partial charge is 0.338 e. The molecule has 0 aliphatic rings. The number of carbonyl (C=O) groups is 2. The Morgan fingerprint density at radius 2 is 1.76 bits per heavy atom. The fourth-order valence-corrected chi connectivity index (χ4v) is 2.08. The topological polar surface area (TPSA) is 92.4 Å². The molecule has 5 nitrogen and oxygen atoms in total. The summed E-state index contributed by atoms with van der Waals surface area (Å²) in [4.78, 5) is 23.5. The average Bonchev–Trinajstić information content (AvgIpc) is 2.47. The van der Waals surface area contributed by atoms with Crippen molar-refractivity contribution < 1.29 is 14.7 Å². The fraction of sp³-hybridized carbons (Fsp3) is 0.125. The Hall–Kier alpha value is -2.66. The van der Waals surface area contributed by atoms with Crippen LogP contribution in [0, 0.1) is 6.92 Å². The zero-order valence-corrected chi connectivity index (χ0v) is 11.5. The number of nitrogens with two attached hydrogens (primary N) is 1. The number of hydrogen-bond acceptors (Lipinski definition) is 3. The van der Waals surface area contributed by atoms with Crippen LogP contribution in [0.5, 0.6) is 0 Å². The van der Waals surface area contributed by atoms with E-state index in [4.69, 9.17) is 5.73 Å². The number of aryl methyl sites for hydroxylation is 1. The molecule has 1 atom stereocenters. The van der Waals surface area contributed by atoms with E-state index in [2.05, 4.69) is 5.32 Å². The summed E-state index contributed by atoms with van der Waals surface area (Å²) in [7, 11) is 0. The molecular formula is C16H16N2O3. The predicted octanol–water partition coefficient (Wildman–Crippen LogP) is 2.33. The minimum Gasteiger partial charge on any atom is -0.478 e. The molecule has 0 radical (unpaired) electrons. The van der Waals surface area contributed by atoms with E-state index in [1.54, 1.807) is 49.4 Å². The minimum absolute atomic E-state index is 0.0751. The summed E-state index contributed by atoms with van der Waals surface area (Å²) in [5.74, 6) is -1.54. The summed E-state index contributed by atoms with van der Waals surface area (Å²) >= 11 is 0. The standard InChI is InChI=1S/C16H16N2O3/c1-10-6-5-9-12(13(10)16(20)21)18-15(19)14(17)11-7-3-2-4-8-11/h2-9,14H,17H2,1H3,(H,18,19)(H,20,21)/t14-/m1/s1. The summed E-state index contributed by atoms with van der Waals surface area (Å²) < 4.78 is 0. The highest BCUT2D eigenvalue weighted by molar-refractivity contribution is 6.03. The van der Waals surface area contributed by atoms with Gasteiger partial charge in [-0.1, -0.05) is 42.5 Å². The molecule has 0 aromatic heterocycles. The zero-order chi connectivity index (χ0) is 15.4. The molecule has 0 aliphatic heterocycles. The van der Waals surface area contributed by atoms with Gasteiger partial charge < -0.3 is 16.2 Å². The Bertz CT molecular complexity index is 668. The van der Waals surface area contributed by atoms with Crippen LogP contribution in [0.3, 0.4) is 0 Å². The van der Waals surface area contributed by atoms with E-state index >= 15 is 0 Å². The van der Waals surface area contributed by atoms with Crippen molar-refractivity contribution in [3.8, 4) is 0 Å². The number of rotatable bonds is 4. The van der Waals surface area contributed by atoms with Crippen LogP contribution in [0.2, 0.25) is 0 Å². The summed E-state index contributed by atoms with van der Waals surface area (Å²) in [5, 5.41) is 11.8. The molecule has 0 aliphatic carbocycles. The van der Waals surface area contributed by atoms with Gasteiger partial charge >= 0.3 is 5.97 Å². The Balaban J connectivity index is 2.25. The van der Waals surface area contributed by atoms with Crippen LogP contribution in [0.25, 0.3) is 0 Å². The third-order valence-electron chi connectivity index (χ3n) is 3.19. The Morgan fingerprint density at radius 1 is 1.10 bits per heavy atom. The highest BCUT2D eigenvalue weighted by Gasteiger charge is 2.19. The number of carboxylic acids is 1. The van der Waals surface area contributed by atoms with Gasteiger partial charge in [-0.15, -0.1) is 0 Å². The zero-order valence-electron chi connectivity index (χ0n) is 11.5. The molecule has 0 fully saturated rings. The SMILES string of the molecule is Cc1cccc(NC(=O)[C@H](N)c2ccccc2)c1C(=O)O. The number of carbonyl (C=O) groups excluding carboxylic acids is 1. The molecule has 2 aromatic carbocycles. The number of hydrogen-bond donors (Lipinski definition) is 3. The third kappa shape index (κ3) is 3.27. The maximum atomic E-state index is 12.2.